The molecule has 0 unspecified atom stereocenters. The molecule has 0 aliphatic carbocycles. The molecule has 1 aromatic heterocycles. The van der Waals surface area contributed by atoms with Crippen LogP contribution in [0.4, 0.5) is 5.69 Å². The molecule has 0 saturated heterocycles. The van der Waals surface area contributed by atoms with Crippen molar-refractivity contribution in [2.24, 2.45) is 7.05 Å². The van der Waals surface area contributed by atoms with Crippen molar-refractivity contribution in [3.05, 3.63) is 72.1 Å². The van der Waals surface area contributed by atoms with Gasteiger partial charge in [0.25, 0.3) is 0 Å². The van der Waals surface area contributed by atoms with Gasteiger partial charge in [-0.2, -0.15) is 0 Å². The smallest absolute Gasteiger partial charge is 0.204 e. The van der Waals surface area contributed by atoms with E-state index in [0.717, 1.165) is 0 Å². The lowest BCUT2D eigenvalue weighted by atomic mass is 10.2. The van der Waals surface area contributed by atoms with Crippen LogP contribution in [0.2, 0.25) is 0 Å². The highest BCUT2D eigenvalue weighted by Gasteiger charge is 1.97. The van der Waals surface area contributed by atoms with Gasteiger partial charge in [0.2, 0.25) is 5.69 Å². The second-order valence-corrected chi connectivity index (χ2v) is 4.94. The first-order valence-corrected chi connectivity index (χ1v) is 6.73. The number of rotatable bonds is 4. The van der Waals surface area contributed by atoms with Gasteiger partial charge in [0.1, 0.15) is 7.05 Å². The van der Waals surface area contributed by atoms with Crippen LogP contribution in [-0.2, 0) is 7.05 Å². The fourth-order valence-corrected chi connectivity index (χ4v) is 1.91. The van der Waals surface area contributed by atoms with E-state index in [2.05, 4.69) is 64.1 Å². The van der Waals surface area contributed by atoms with Crippen molar-refractivity contribution in [3.63, 3.8) is 0 Å². The summed E-state index contributed by atoms with van der Waals surface area (Å²) in [6, 6.07) is 14.7. The quantitative estimate of drug-likeness (QED) is 0.434. The molecule has 0 bridgehead atoms. The lowest BCUT2D eigenvalue weighted by Gasteiger charge is -2.11. The molecule has 110 valence electrons. The Kier molecular flexibility index (Phi) is 7.15. The molecular formula is C18H22IN2+. The number of aryl methyl sites for hydroxylation is 1. The number of hydrogen-bond donors (Lipinski definition) is 0. The van der Waals surface area contributed by atoms with Crippen LogP contribution >= 0.6 is 24.0 Å². The molecular weight excluding hydrogens is 371 g/mol. The first kappa shape index (κ1) is 17.4. The van der Waals surface area contributed by atoms with E-state index in [1.54, 1.807) is 0 Å². The monoisotopic (exact) mass is 393 g/mol. The molecule has 0 saturated carbocycles. The molecule has 3 heteroatoms. The Morgan fingerprint density at radius 3 is 2.19 bits per heavy atom. The number of hydrogen-bond acceptors (Lipinski definition) is 1. The third-order valence-corrected chi connectivity index (χ3v) is 3.17. The van der Waals surface area contributed by atoms with Gasteiger partial charge in [-0.05, 0) is 23.8 Å². The van der Waals surface area contributed by atoms with E-state index in [1.807, 2.05) is 39.5 Å². The van der Waals surface area contributed by atoms with Gasteiger partial charge in [-0.15, -0.1) is 24.0 Å². The topological polar surface area (TPSA) is 7.12 Å². The fourth-order valence-electron chi connectivity index (χ4n) is 1.91. The Labute approximate surface area is 144 Å². The molecule has 0 spiro atoms. The molecule has 0 N–H and O–H groups in total. The average Bonchev–Trinajstić information content (AvgIpc) is 2.46. The van der Waals surface area contributed by atoms with Crippen LogP contribution in [0.5, 0.6) is 0 Å². The molecule has 0 aliphatic rings. The largest absolute Gasteiger partial charge is 0.378 e. The highest BCUT2D eigenvalue weighted by atomic mass is 127. The van der Waals surface area contributed by atoms with E-state index in [-0.39, 0.29) is 24.0 Å². The zero-order valence-electron chi connectivity index (χ0n) is 12.7. The molecule has 2 nitrogen and oxygen atoms in total. The predicted molar refractivity (Wildman–Crippen MR) is 102 cm³/mol. The molecule has 0 radical (unpaired) electrons. The fraction of sp³-hybridized carbons (Fsp3) is 0.167. The van der Waals surface area contributed by atoms with Crippen molar-refractivity contribution in [2.45, 2.75) is 0 Å². The van der Waals surface area contributed by atoms with Crippen molar-refractivity contribution >= 4 is 41.8 Å². The van der Waals surface area contributed by atoms with Gasteiger partial charge >= 0.3 is 0 Å². The Hall–Kier alpha value is -1.62. The molecule has 21 heavy (non-hydrogen) atoms. The molecule has 1 heterocycles. The van der Waals surface area contributed by atoms with E-state index in [9.17, 15) is 0 Å². The van der Waals surface area contributed by atoms with Crippen LogP contribution in [-0.4, -0.2) is 14.1 Å². The van der Waals surface area contributed by atoms with Gasteiger partial charge in [-0.3, -0.25) is 0 Å². The summed E-state index contributed by atoms with van der Waals surface area (Å²) < 4.78 is 2.09. The first-order valence-electron chi connectivity index (χ1n) is 6.73. The third-order valence-electron chi connectivity index (χ3n) is 3.17. The summed E-state index contributed by atoms with van der Waals surface area (Å²) in [6.45, 7) is 0. The van der Waals surface area contributed by atoms with Crippen molar-refractivity contribution in [2.75, 3.05) is 19.0 Å². The van der Waals surface area contributed by atoms with Crippen LogP contribution < -0.4 is 9.47 Å². The van der Waals surface area contributed by atoms with Crippen molar-refractivity contribution < 1.29 is 4.57 Å². The summed E-state index contributed by atoms with van der Waals surface area (Å²) in [5.74, 6) is 0. The maximum Gasteiger partial charge on any atom is 0.204 e. The van der Waals surface area contributed by atoms with E-state index < -0.39 is 0 Å². The van der Waals surface area contributed by atoms with Crippen LogP contribution in [0.25, 0.3) is 12.2 Å². The van der Waals surface area contributed by atoms with Gasteiger partial charge in [0, 0.05) is 38.0 Å². The number of benzene rings is 1. The lowest BCUT2D eigenvalue weighted by Crippen LogP contribution is -2.30. The Morgan fingerprint density at radius 1 is 0.905 bits per heavy atom. The SMILES string of the molecule is CN(C)c1ccc(/C=C/C=C/c2cccc[n+]2C)cc1.I. The Balaban J connectivity index is 0.00000220. The Bertz CT molecular complexity index is 613. The van der Waals surface area contributed by atoms with Crippen LogP contribution in [0.15, 0.2) is 60.8 Å². The summed E-state index contributed by atoms with van der Waals surface area (Å²) in [5, 5.41) is 0. The molecule has 0 fully saturated rings. The molecule has 0 atom stereocenters. The van der Waals surface area contributed by atoms with Gasteiger partial charge in [-0.25, -0.2) is 4.57 Å². The zero-order chi connectivity index (χ0) is 14.4. The standard InChI is InChI=1S/C18H21N2.HI/c1-19(2)17-13-11-16(12-14-17)8-4-5-9-18-10-6-7-15-20(18)3;/h4-15H,1-3H3;1H/q+1;. The summed E-state index contributed by atoms with van der Waals surface area (Å²) >= 11 is 0. The summed E-state index contributed by atoms with van der Waals surface area (Å²) in [6.07, 6.45) is 10.4. The van der Waals surface area contributed by atoms with Crippen LogP contribution in [0, 0.1) is 0 Å². The molecule has 0 aliphatic heterocycles. The summed E-state index contributed by atoms with van der Waals surface area (Å²) in [5.41, 5.74) is 3.60. The van der Waals surface area contributed by atoms with E-state index in [4.69, 9.17) is 0 Å². The van der Waals surface area contributed by atoms with Crippen LogP contribution in [0.3, 0.4) is 0 Å². The molecule has 1 aromatic carbocycles. The number of anilines is 1. The van der Waals surface area contributed by atoms with Crippen molar-refractivity contribution in [1.29, 1.82) is 0 Å². The highest BCUT2D eigenvalue weighted by Crippen LogP contribution is 2.13. The molecule has 2 aromatic rings. The molecule has 2 rings (SSSR count). The number of halogens is 1. The van der Waals surface area contributed by atoms with Gasteiger partial charge in [-0.1, -0.05) is 30.4 Å². The highest BCUT2D eigenvalue weighted by molar-refractivity contribution is 14.0. The minimum atomic E-state index is 0. The van der Waals surface area contributed by atoms with E-state index in [0.29, 0.717) is 0 Å². The van der Waals surface area contributed by atoms with Crippen LogP contribution in [0.1, 0.15) is 11.3 Å². The number of nitrogens with zero attached hydrogens (tertiary/aromatic N) is 2. The second kappa shape index (κ2) is 8.62. The normalized spacial score (nSPS) is 10.8. The van der Waals surface area contributed by atoms with Crippen molar-refractivity contribution in [3.8, 4) is 0 Å². The maximum atomic E-state index is 2.13. The maximum absolute atomic E-state index is 2.13. The van der Waals surface area contributed by atoms with Gasteiger partial charge in [0.15, 0.2) is 6.20 Å². The summed E-state index contributed by atoms with van der Waals surface area (Å²) in [4.78, 5) is 2.10. The summed E-state index contributed by atoms with van der Waals surface area (Å²) in [7, 11) is 6.14. The third kappa shape index (κ3) is 5.34. The minimum Gasteiger partial charge on any atom is -0.378 e. The zero-order valence-corrected chi connectivity index (χ0v) is 15.1. The Morgan fingerprint density at radius 2 is 1.57 bits per heavy atom. The van der Waals surface area contributed by atoms with Gasteiger partial charge in [0.05, 0.1) is 0 Å². The number of allylic oxidation sites excluding steroid dienone is 2. The lowest BCUT2D eigenvalue weighted by molar-refractivity contribution is -0.673. The minimum absolute atomic E-state index is 0. The van der Waals surface area contributed by atoms with Gasteiger partial charge < -0.3 is 4.90 Å². The second-order valence-electron chi connectivity index (χ2n) is 4.94. The number of aromatic nitrogens is 1. The molecule has 0 amide bonds. The van der Waals surface area contributed by atoms with E-state index >= 15 is 0 Å². The predicted octanol–water partition coefficient (Wildman–Crippen LogP) is 3.92. The number of pyridine rings is 1. The first-order chi connectivity index (χ1) is 9.66. The van der Waals surface area contributed by atoms with E-state index in [1.165, 1.54) is 16.9 Å². The average molecular weight is 393 g/mol. The van der Waals surface area contributed by atoms with Crippen molar-refractivity contribution in [1.82, 2.24) is 0 Å².